The summed E-state index contributed by atoms with van der Waals surface area (Å²) in [4.78, 5) is 22.3. The van der Waals surface area contributed by atoms with Crippen LogP contribution in [-0.2, 0) is 14.3 Å². The summed E-state index contributed by atoms with van der Waals surface area (Å²) in [5.74, 6) is -4.16. The van der Waals surface area contributed by atoms with E-state index in [-0.39, 0.29) is 0 Å². The minimum absolute atomic E-state index is 0.470. The van der Waals surface area contributed by atoms with Crippen LogP contribution in [-0.4, -0.2) is 22.6 Å². The molecule has 5 heteroatoms. The lowest BCUT2D eigenvalue weighted by Gasteiger charge is -2.18. The second-order valence-corrected chi connectivity index (χ2v) is 6.18. The van der Waals surface area contributed by atoms with E-state index in [9.17, 15) is 14.0 Å². The number of hydrogen-bond donors (Lipinski definition) is 1. The van der Waals surface area contributed by atoms with Crippen LogP contribution in [0.3, 0.4) is 0 Å². The summed E-state index contributed by atoms with van der Waals surface area (Å²) in [5.41, 5.74) is -1.29. The number of carboxylic acids is 1. The van der Waals surface area contributed by atoms with Crippen molar-refractivity contribution in [3.63, 3.8) is 0 Å². The van der Waals surface area contributed by atoms with E-state index in [2.05, 4.69) is 0 Å². The quantitative estimate of drug-likeness (QED) is 0.624. The lowest BCUT2D eigenvalue weighted by Crippen LogP contribution is -2.24. The van der Waals surface area contributed by atoms with E-state index in [0.717, 1.165) is 6.08 Å². The van der Waals surface area contributed by atoms with Crippen molar-refractivity contribution in [3.05, 3.63) is 11.9 Å². The highest BCUT2D eigenvalue weighted by Gasteiger charge is 2.61. The summed E-state index contributed by atoms with van der Waals surface area (Å²) in [6, 6.07) is 0. The third-order valence-electron chi connectivity index (χ3n) is 3.10. The molecule has 0 aliphatic heterocycles. The molecule has 18 heavy (non-hydrogen) atoms. The zero-order chi connectivity index (χ0) is 14.3. The fourth-order valence-corrected chi connectivity index (χ4v) is 2.01. The first-order valence-electron chi connectivity index (χ1n) is 5.80. The smallest absolute Gasteiger partial charge is 0.367 e. The minimum atomic E-state index is -1.05. The van der Waals surface area contributed by atoms with Crippen molar-refractivity contribution >= 4 is 11.9 Å². The molecule has 0 heterocycles. The molecule has 1 aliphatic carbocycles. The van der Waals surface area contributed by atoms with Crippen LogP contribution in [0.1, 0.15) is 34.6 Å². The predicted molar refractivity (Wildman–Crippen MR) is 63.4 cm³/mol. The van der Waals surface area contributed by atoms with E-state index in [1.54, 1.807) is 34.6 Å². The molecule has 4 nitrogen and oxygen atoms in total. The molecule has 1 saturated carbocycles. The number of aliphatic carboxylic acids is 1. The summed E-state index contributed by atoms with van der Waals surface area (Å²) < 4.78 is 18.5. The zero-order valence-corrected chi connectivity index (χ0v) is 11.3. The number of ether oxygens (including phenoxy) is 1. The van der Waals surface area contributed by atoms with Crippen molar-refractivity contribution < 1.29 is 23.8 Å². The number of halogens is 1. The number of rotatable bonds is 3. The van der Waals surface area contributed by atoms with Gasteiger partial charge in [-0.2, -0.15) is 4.39 Å². The van der Waals surface area contributed by atoms with Crippen molar-refractivity contribution in [1.82, 2.24) is 0 Å². The van der Waals surface area contributed by atoms with Gasteiger partial charge in [-0.25, -0.2) is 4.79 Å². The molecule has 0 unspecified atom stereocenters. The fourth-order valence-electron chi connectivity index (χ4n) is 2.01. The van der Waals surface area contributed by atoms with Crippen molar-refractivity contribution in [2.75, 3.05) is 0 Å². The molecule has 1 N–H and O–H groups in total. The fraction of sp³-hybridized carbons (Fsp3) is 0.692. The van der Waals surface area contributed by atoms with E-state index in [4.69, 9.17) is 9.84 Å². The number of carbonyl (C=O) groups is 2. The SMILES string of the molecule is CC(C)(C)OC(=O)/C(F)=C\[C@@H]1[C@@H](C(=O)O)C1(C)C. The molecule has 1 aliphatic rings. The highest BCUT2D eigenvalue weighted by Crippen LogP contribution is 2.59. The molecule has 0 amide bonds. The van der Waals surface area contributed by atoms with Crippen LogP contribution in [0.15, 0.2) is 11.9 Å². The third kappa shape index (κ3) is 3.09. The number of carbonyl (C=O) groups excluding carboxylic acids is 1. The average Bonchev–Trinajstić information content (AvgIpc) is 2.64. The Morgan fingerprint density at radius 1 is 1.33 bits per heavy atom. The maximum atomic E-state index is 13.6. The Kier molecular flexibility index (Phi) is 3.56. The Balaban J connectivity index is 2.74. The largest absolute Gasteiger partial charge is 0.481 e. The van der Waals surface area contributed by atoms with Gasteiger partial charge in [-0.1, -0.05) is 13.8 Å². The molecule has 102 valence electrons. The van der Waals surface area contributed by atoms with Gasteiger partial charge in [0, 0.05) is 0 Å². The monoisotopic (exact) mass is 258 g/mol. The van der Waals surface area contributed by atoms with Gasteiger partial charge in [-0.05, 0) is 38.2 Å². The molecule has 0 aromatic rings. The number of allylic oxidation sites excluding steroid dienone is 1. The standard InChI is InChI=1S/C13H19FO4/c1-12(2,3)18-11(17)8(14)6-7-9(10(15)16)13(7,4)5/h6-7,9H,1-5H3,(H,15,16)/b8-6+/t7-,9+/m1/s1. The van der Waals surface area contributed by atoms with Crippen LogP contribution in [0.25, 0.3) is 0 Å². The highest BCUT2D eigenvalue weighted by molar-refractivity contribution is 5.87. The van der Waals surface area contributed by atoms with Gasteiger partial charge in [0.15, 0.2) is 0 Å². The molecule has 0 spiro atoms. The summed E-state index contributed by atoms with van der Waals surface area (Å²) in [7, 11) is 0. The summed E-state index contributed by atoms with van der Waals surface area (Å²) >= 11 is 0. The van der Waals surface area contributed by atoms with Gasteiger partial charge in [0.1, 0.15) is 5.60 Å². The average molecular weight is 258 g/mol. The van der Waals surface area contributed by atoms with Crippen molar-refractivity contribution in [1.29, 1.82) is 0 Å². The van der Waals surface area contributed by atoms with Crippen LogP contribution in [0.5, 0.6) is 0 Å². The Labute approximate surface area is 106 Å². The maximum absolute atomic E-state index is 13.6. The molecule has 0 radical (unpaired) electrons. The van der Waals surface area contributed by atoms with E-state index in [0.29, 0.717) is 0 Å². The zero-order valence-electron chi connectivity index (χ0n) is 11.3. The molecule has 1 fully saturated rings. The molecule has 1 rings (SSSR count). The molecule has 0 aromatic carbocycles. The van der Waals surface area contributed by atoms with Crippen LogP contribution in [0.4, 0.5) is 4.39 Å². The summed E-state index contributed by atoms with van der Waals surface area (Å²) in [6.07, 6.45) is 1.06. The first-order valence-corrected chi connectivity index (χ1v) is 5.80. The van der Waals surface area contributed by atoms with E-state index in [1.807, 2.05) is 0 Å². The highest BCUT2D eigenvalue weighted by atomic mass is 19.1. The third-order valence-corrected chi connectivity index (χ3v) is 3.10. The normalized spacial score (nSPS) is 26.7. The number of hydrogen-bond acceptors (Lipinski definition) is 3. The lowest BCUT2D eigenvalue weighted by atomic mass is 10.1. The van der Waals surface area contributed by atoms with E-state index < -0.39 is 40.6 Å². The molecule has 0 aromatic heterocycles. The van der Waals surface area contributed by atoms with Gasteiger partial charge in [-0.15, -0.1) is 0 Å². The lowest BCUT2D eigenvalue weighted by molar-refractivity contribution is -0.151. The van der Waals surface area contributed by atoms with Crippen LogP contribution >= 0.6 is 0 Å². The van der Waals surface area contributed by atoms with Gasteiger partial charge < -0.3 is 9.84 Å². The molecular formula is C13H19FO4. The first kappa shape index (κ1) is 14.7. The van der Waals surface area contributed by atoms with Crippen LogP contribution < -0.4 is 0 Å². The second kappa shape index (κ2) is 4.37. The van der Waals surface area contributed by atoms with Crippen molar-refractivity contribution in [3.8, 4) is 0 Å². The summed E-state index contributed by atoms with van der Waals surface area (Å²) in [6.45, 7) is 8.38. The molecule has 2 atom stereocenters. The Hall–Kier alpha value is -1.39. The first-order chi connectivity index (χ1) is 7.97. The van der Waals surface area contributed by atoms with E-state index in [1.165, 1.54) is 0 Å². The van der Waals surface area contributed by atoms with Gasteiger partial charge in [0.25, 0.3) is 0 Å². The van der Waals surface area contributed by atoms with E-state index >= 15 is 0 Å². The Bertz CT molecular complexity index is 404. The number of esters is 1. The molecule has 0 saturated heterocycles. The van der Waals surface area contributed by atoms with Gasteiger partial charge in [-0.3, -0.25) is 4.79 Å². The second-order valence-electron chi connectivity index (χ2n) is 6.18. The van der Waals surface area contributed by atoms with Crippen molar-refractivity contribution in [2.24, 2.45) is 17.3 Å². The minimum Gasteiger partial charge on any atom is -0.481 e. The molecule has 0 bridgehead atoms. The van der Waals surface area contributed by atoms with Crippen LogP contribution in [0.2, 0.25) is 0 Å². The topological polar surface area (TPSA) is 63.6 Å². The van der Waals surface area contributed by atoms with Crippen LogP contribution in [0, 0.1) is 17.3 Å². The van der Waals surface area contributed by atoms with Gasteiger partial charge >= 0.3 is 11.9 Å². The van der Waals surface area contributed by atoms with Gasteiger partial charge in [0.05, 0.1) is 5.92 Å². The van der Waals surface area contributed by atoms with Gasteiger partial charge in [0.2, 0.25) is 5.83 Å². The van der Waals surface area contributed by atoms with Crippen molar-refractivity contribution in [2.45, 2.75) is 40.2 Å². The molecular weight excluding hydrogens is 239 g/mol. The predicted octanol–water partition coefficient (Wildman–Crippen LogP) is 2.54. The summed E-state index contributed by atoms with van der Waals surface area (Å²) in [5, 5.41) is 8.93. The Morgan fingerprint density at radius 3 is 2.17 bits per heavy atom. The number of carboxylic acid groups (broad SMARTS) is 1. The Morgan fingerprint density at radius 2 is 1.83 bits per heavy atom. The maximum Gasteiger partial charge on any atom is 0.367 e.